The smallest absolute Gasteiger partial charge is 0.248 e. The number of amides is 1. The topological polar surface area (TPSA) is 41.9 Å². The van der Waals surface area contributed by atoms with Crippen molar-refractivity contribution in [1.82, 2.24) is 4.90 Å². The predicted molar refractivity (Wildman–Crippen MR) is 73.7 cm³/mol. The van der Waals surface area contributed by atoms with Crippen molar-refractivity contribution in [3.8, 4) is 0 Å². The van der Waals surface area contributed by atoms with E-state index in [0.717, 1.165) is 43.6 Å². The van der Waals surface area contributed by atoms with Crippen LogP contribution < -0.4 is 0 Å². The van der Waals surface area contributed by atoms with Crippen LogP contribution in [0, 0.1) is 0 Å². The van der Waals surface area contributed by atoms with Crippen molar-refractivity contribution >= 4 is 12.1 Å². The van der Waals surface area contributed by atoms with E-state index in [-0.39, 0.29) is 12.5 Å². The molecule has 1 fully saturated rings. The molecule has 1 aliphatic rings. The van der Waals surface area contributed by atoms with Crippen molar-refractivity contribution in [2.75, 3.05) is 26.3 Å². The number of allylic oxidation sites excluding steroid dienone is 2. The van der Waals surface area contributed by atoms with E-state index in [1.807, 2.05) is 11.8 Å². The Morgan fingerprint density at radius 3 is 2.94 bits per heavy atom. The standard InChI is InChI=1S/C14H22N2O2/c1-12(2)15-10-13(3)6-4-5-7-16-8-9-18-11-14(16)17/h10H,1,3-9,11H2,2H3. The third-order valence-electron chi connectivity index (χ3n) is 2.73. The minimum absolute atomic E-state index is 0.101. The molecule has 0 radical (unpaired) electrons. The van der Waals surface area contributed by atoms with E-state index < -0.39 is 0 Å². The first-order chi connectivity index (χ1) is 8.59. The molecular weight excluding hydrogens is 228 g/mol. The van der Waals surface area contributed by atoms with Crippen LogP contribution in [0.3, 0.4) is 0 Å². The molecule has 0 aliphatic carbocycles. The van der Waals surface area contributed by atoms with Crippen LogP contribution >= 0.6 is 0 Å². The van der Waals surface area contributed by atoms with Crippen molar-refractivity contribution in [2.24, 2.45) is 4.99 Å². The summed E-state index contributed by atoms with van der Waals surface area (Å²) in [4.78, 5) is 17.4. The number of aliphatic imine (C=N–C) groups is 1. The maximum Gasteiger partial charge on any atom is 0.248 e. The Balaban J connectivity index is 2.12. The highest BCUT2D eigenvalue weighted by atomic mass is 16.5. The second-order valence-corrected chi connectivity index (χ2v) is 4.54. The zero-order valence-electron chi connectivity index (χ0n) is 11.2. The highest BCUT2D eigenvalue weighted by molar-refractivity contribution is 5.78. The molecule has 0 spiro atoms. The van der Waals surface area contributed by atoms with Gasteiger partial charge in [-0.25, -0.2) is 0 Å². The molecule has 18 heavy (non-hydrogen) atoms. The van der Waals surface area contributed by atoms with Gasteiger partial charge in [-0.15, -0.1) is 0 Å². The van der Waals surface area contributed by atoms with Crippen molar-refractivity contribution in [1.29, 1.82) is 0 Å². The monoisotopic (exact) mass is 250 g/mol. The van der Waals surface area contributed by atoms with Crippen LogP contribution in [0.2, 0.25) is 0 Å². The SMILES string of the molecule is C=C(C=NC(=C)C)CCCCN1CCOCC1=O. The fraction of sp³-hybridized carbons (Fsp3) is 0.571. The number of carbonyl (C=O) groups is 1. The predicted octanol–water partition coefficient (Wildman–Crippen LogP) is 2.18. The summed E-state index contributed by atoms with van der Waals surface area (Å²) in [5.74, 6) is 0.101. The van der Waals surface area contributed by atoms with Crippen molar-refractivity contribution in [3.05, 3.63) is 24.4 Å². The summed E-state index contributed by atoms with van der Waals surface area (Å²) >= 11 is 0. The lowest BCUT2D eigenvalue weighted by molar-refractivity contribution is -0.142. The number of carbonyl (C=O) groups excluding carboxylic acids is 1. The normalized spacial score (nSPS) is 16.3. The summed E-state index contributed by atoms with van der Waals surface area (Å²) in [6, 6.07) is 0. The first-order valence-corrected chi connectivity index (χ1v) is 6.32. The summed E-state index contributed by atoms with van der Waals surface area (Å²) in [5.41, 5.74) is 1.79. The zero-order valence-corrected chi connectivity index (χ0v) is 11.2. The highest BCUT2D eigenvalue weighted by Crippen LogP contribution is 2.07. The van der Waals surface area contributed by atoms with Gasteiger partial charge in [-0.05, 0) is 31.8 Å². The molecule has 4 heteroatoms. The fourth-order valence-corrected chi connectivity index (χ4v) is 1.71. The van der Waals surface area contributed by atoms with Crippen LogP contribution in [0.25, 0.3) is 0 Å². The van der Waals surface area contributed by atoms with Gasteiger partial charge in [0.2, 0.25) is 5.91 Å². The first-order valence-electron chi connectivity index (χ1n) is 6.32. The molecule has 0 saturated carbocycles. The molecule has 1 saturated heterocycles. The summed E-state index contributed by atoms with van der Waals surface area (Å²) in [5, 5.41) is 0. The number of hydrogen-bond donors (Lipinski definition) is 0. The summed E-state index contributed by atoms with van der Waals surface area (Å²) < 4.78 is 5.08. The molecule has 0 unspecified atom stereocenters. The Morgan fingerprint density at radius 2 is 2.28 bits per heavy atom. The van der Waals surface area contributed by atoms with E-state index in [1.165, 1.54) is 0 Å². The Morgan fingerprint density at radius 1 is 1.50 bits per heavy atom. The molecule has 0 aromatic heterocycles. The molecule has 4 nitrogen and oxygen atoms in total. The molecule has 0 N–H and O–H groups in total. The lowest BCUT2D eigenvalue weighted by Crippen LogP contribution is -2.41. The van der Waals surface area contributed by atoms with Gasteiger partial charge in [0.1, 0.15) is 6.61 Å². The summed E-state index contributed by atoms with van der Waals surface area (Å²) in [7, 11) is 0. The van der Waals surface area contributed by atoms with Gasteiger partial charge in [-0.1, -0.05) is 13.2 Å². The van der Waals surface area contributed by atoms with E-state index in [1.54, 1.807) is 6.21 Å². The molecule has 1 amide bonds. The second kappa shape index (κ2) is 7.82. The Kier molecular flexibility index (Phi) is 6.36. The van der Waals surface area contributed by atoms with Gasteiger partial charge >= 0.3 is 0 Å². The first kappa shape index (κ1) is 14.6. The van der Waals surface area contributed by atoms with Crippen LogP contribution in [0.1, 0.15) is 26.2 Å². The molecule has 1 aliphatic heterocycles. The number of hydrogen-bond acceptors (Lipinski definition) is 3. The molecule has 0 aromatic carbocycles. The van der Waals surface area contributed by atoms with E-state index in [0.29, 0.717) is 6.61 Å². The molecule has 1 heterocycles. The third kappa shape index (κ3) is 5.77. The van der Waals surface area contributed by atoms with E-state index in [9.17, 15) is 4.79 Å². The molecule has 0 aromatic rings. The van der Waals surface area contributed by atoms with Gasteiger partial charge in [0.25, 0.3) is 0 Å². The number of ether oxygens (including phenoxy) is 1. The molecule has 1 rings (SSSR count). The fourth-order valence-electron chi connectivity index (χ4n) is 1.71. The van der Waals surface area contributed by atoms with E-state index in [2.05, 4.69) is 18.2 Å². The number of morpholine rings is 1. The largest absolute Gasteiger partial charge is 0.370 e. The average molecular weight is 250 g/mol. The van der Waals surface area contributed by atoms with E-state index >= 15 is 0 Å². The van der Waals surface area contributed by atoms with E-state index in [4.69, 9.17) is 4.74 Å². The maximum absolute atomic E-state index is 11.5. The molecule has 0 atom stereocenters. The minimum atomic E-state index is 0.101. The maximum atomic E-state index is 11.5. The molecule has 100 valence electrons. The number of rotatable bonds is 7. The van der Waals surface area contributed by atoms with Gasteiger partial charge in [-0.2, -0.15) is 0 Å². The molecule has 0 bridgehead atoms. The second-order valence-electron chi connectivity index (χ2n) is 4.54. The van der Waals surface area contributed by atoms with Crippen LogP contribution in [0.4, 0.5) is 0 Å². The van der Waals surface area contributed by atoms with Gasteiger partial charge in [0.15, 0.2) is 0 Å². The Bertz CT molecular complexity index is 348. The van der Waals surface area contributed by atoms with Gasteiger partial charge in [-0.3, -0.25) is 9.79 Å². The number of nitrogens with zero attached hydrogens (tertiary/aromatic N) is 2. The highest BCUT2D eigenvalue weighted by Gasteiger charge is 2.17. The Hall–Kier alpha value is -1.42. The third-order valence-corrected chi connectivity index (χ3v) is 2.73. The van der Waals surface area contributed by atoms with Crippen LogP contribution in [0.5, 0.6) is 0 Å². The lowest BCUT2D eigenvalue weighted by Gasteiger charge is -2.26. The Labute approximate surface area is 109 Å². The minimum Gasteiger partial charge on any atom is -0.370 e. The lowest BCUT2D eigenvalue weighted by atomic mass is 10.1. The average Bonchev–Trinajstić information content (AvgIpc) is 2.34. The van der Waals surface area contributed by atoms with Gasteiger partial charge in [0, 0.05) is 25.0 Å². The zero-order chi connectivity index (χ0) is 13.4. The number of unbranched alkanes of at least 4 members (excludes halogenated alkanes) is 1. The van der Waals surface area contributed by atoms with Crippen LogP contribution in [0.15, 0.2) is 29.4 Å². The van der Waals surface area contributed by atoms with Gasteiger partial charge < -0.3 is 9.64 Å². The van der Waals surface area contributed by atoms with Crippen molar-refractivity contribution < 1.29 is 9.53 Å². The molecular formula is C14H22N2O2. The summed E-state index contributed by atoms with van der Waals surface area (Å²) in [6.45, 7) is 11.9. The van der Waals surface area contributed by atoms with Crippen LogP contribution in [-0.4, -0.2) is 43.3 Å². The van der Waals surface area contributed by atoms with Crippen LogP contribution in [-0.2, 0) is 9.53 Å². The summed E-state index contributed by atoms with van der Waals surface area (Å²) in [6.07, 6.45) is 4.69. The van der Waals surface area contributed by atoms with Crippen molar-refractivity contribution in [3.63, 3.8) is 0 Å². The quantitative estimate of drug-likeness (QED) is 0.513. The van der Waals surface area contributed by atoms with Gasteiger partial charge in [0.05, 0.1) is 6.61 Å². The van der Waals surface area contributed by atoms with Crippen molar-refractivity contribution in [2.45, 2.75) is 26.2 Å².